The number of thiophene rings is 1. The van der Waals surface area contributed by atoms with Crippen LogP contribution in [0.5, 0.6) is 0 Å². The van der Waals surface area contributed by atoms with Crippen LogP contribution in [0.3, 0.4) is 0 Å². The van der Waals surface area contributed by atoms with Crippen LogP contribution in [0.4, 0.5) is 0 Å². The predicted octanol–water partition coefficient (Wildman–Crippen LogP) is 7.52. The van der Waals surface area contributed by atoms with Gasteiger partial charge in [0.2, 0.25) is 0 Å². The van der Waals surface area contributed by atoms with Gasteiger partial charge < -0.3 is 14.0 Å². The van der Waals surface area contributed by atoms with E-state index >= 15 is 0 Å². The van der Waals surface area contributed by atoms with Crippen molar-refractivity contribution in [3.05, 3.63) is 62.9 Å². The minimum atomic E-state index is -0.888. The number of carboxylic acids is 1. The smallest absolute Gasteiger partial charge is 0.328 e. The molecule has 0 amide bonds. The maximum absolute atomic E-state index is 11.2. The summed E-state index contributed by atoms with van der Waals surface area (Å²) in [6.45, 7) is 24.4. The van der Waals surface area contributed by atoms with Crippen molar-refractivity contribution in [3.8, 4) is 0 Å². The average Bonchev–Trinajstić information content (AvgIpc) is 3.26. The summed E-state index contributed by atoms with van der Waals surface area (Å²) in [6.07, 6.45) is 3.86. The monoisotopic (exact) mass is 574 g/mol. The summed E-state index contributed by atoms with van der Waals surface area (Å²) in [5.41, 5.74) is 5.07. The van der Waals surface area contributed by atoms with Crippen LogP contribution in [-0.4, -0.2) is 30.6 Å². The van der Waals surface area contributed by atoms with Gasteiger partial charge in [-0.05, 0) is 96.3 Å². The van der Waals surface area contributed by atoms with Crippen molar-refractivity contribution in [2.75, 3.05) is 0 Å². The standard InChI is InChI=1S/C31H50O4SSi2/c1-12-23(19-27(32)33)26-18-22(20-36-26)14-13-21-15-16-24(30(8,9)34-37-28(2,3)4)25(17-21)31(10,11)35-38-29(5,6)7/h15-20H,12-14,37-38H2,1-11H3,(H,32,33). The van der Waals surface area contributed by atoms with E-state index in [1.807, 2.05) is 6.92 Å². The van der Waals surface area contributed by atoms with Crippen LogP contribution in [0.2, 0.25) is 10.1 Å². The van der Waals surface area contributed by atoms with Gasteiger partial charge in [-0.15, -0.1) is 11.3 Å². The Hall–Kier alpha value is -1.52. The van der Waals surface area contributed by atoms with Crippen LogP contribution in [0.1, 0.15) is 110 Å². The van der Waals surface area contributed by atoms with Crippen molar-refractivity contribution in [2.45, 2.75) is 117 Å². The fourth-order valence-electron chi connectivity index (χ4n) is 4.18. The molecule has 212 valence electrons. The Bertz CT molecular complexity index is 1120. The molecular weight excluding hydrogens is 525 g/mol. The summed E-state index contributed by atoms with van der Waals surface area (Å²) < 4.78 is 13.3. The molecule has 0 atom stereocenters. The quantitative estimate of drug-likeness (QED) is 0.210. The SMILES string of the molecule is CCC(=CC(=O)O)c1cc(CCc2ccc(C(C)(C)O[SiH2]C(C)(C)C)c(C(C)(C)O[SiH2]C(C)(C)C)c2)cs1. The molecule has 0 aliphatic carbocycles. The van der Waals surface area contributed by atoms with Crippen molar-refractivity contribution in [3.63, 3.8) is 0 Å². The van der Waals surface area contributed by atoms with E-state index in [9.17, 15) is 9.90 Å². The van der Waals surface area contributed by atoms with Crippen molar-refractivity contribution >= 4 is 42.4 Å². The molecule has 1 N–H and O–H groups in total. The van der Waals surface area contributed by atoms with E-state index < -0.39 is 31.1 Å². The molecule has 0 saturated carbocycles. The molecule has 4 nitrogen and oxygen atoms in total. The Morgan fingerprint density at radius 1 is 0.842 bits per heavy atom. The highest BCUT2D eigenvalue weighted by Gasteiger charge is 2.33. The molecular formula is C31H50O4SSi2. The molecule has 0 aliphatic rings. The van der Waals surface area contributed by atoms with Crippen LogP contribution in [0.15, 0.2) is 35.7 Å². The zero-order chi connectivity index (χ0) is 28.9. The Kier molecular flexibility index (Phi) is 11.0. The molecule has 0 spiro atoms. The average molecular weight is 575 g/mol. The van der Waals surface area contributed by atoms with Gasteiger partial charge in [-0.2, -0.15) is 0 Å². The normalized spacial score (nSPS) is 14.3. The molecule has 0 radical (unpaired) electrons. The number of rotatable bonds is 12. The lowest BCUT2D eigenvalue weighted by Crippen LogP contribution is -2.34. The third-order valence-corrected chi connectivity index (χ3v) is 11.0. The van der Waals surface area contributed by atoms with Gasteiger partial charge >= 0.3 is 5.97 Å². The molecule has 7 heteroatoms. The second-order valence-corrected chi connectivity index (χ2v) is 20.1. The topological polar surface area (TPSA) is 55.8 Å². The molecule has 1 heterocycles. The molecule has 0 aliphatic heterocycles. The summed E-state index contributed by atoms with van der Waals surface area (Å²) >= 11 is 1.63. The molecule has 38 heavy (non-hydrogen) atoms. The van der Waals surface area contributed by atoms with Crippen molar-refractivity contribution < 1.29 is 18.8 Å². The van der Waals surface area contributed by atoms with Gasteiger partial charge in [-0.3, -0.25) is 0 Å². The van der Waals surface area contributed by atoms with Crippen LogP contribution in [0.25, 0.3) is 5.57 Å². The van der Waals surface area contributed by atoms with E-state index in [0.29, 0.717) is 6.42 Å². The summed E-state index contributed by atoms with van der Waals surface area (Å²) in [4.78, 5) is 12.2. The number of benzene rings is 1. The van der Waals surface area contributed by atoms with Gasteiger partial charge in [0.15, 0.2) is 19.5 Å². The highest BCUT2D eigenvalue weighted by atomic mass is 32.1. The predicted molar refractivity (Wildman–Crippen MR) is 169 cm³/mol. The van der Waals surface area contributed by atoms with E-state index in [1.165, 1.54) is 28.3 Å². The maximum atomic E-state index is 11.2. The van der Waals surface area contributed by atoms with Gasteiger partial charge in [0.25, 0.3) is 0 Å². The molecule has 0 unspecified atom stereocenters. The molecule has 0 fully saturated rings. The summed E-state index contributed by atoms with van der Waals surface area (Å²) in [5, 5.41) is 11.8. The lowest BCUT2D eigenvalue weighted by Gasteiger charge is -2.38. The Morgan fingerprint density at radius 3 is 1.87 bits per heavy atom. The van der Waals surface area contributed by atoms with E-state index in [4.69, 9.17) is 8.85 Å². The highest BCUT2D eigenvalue weighted by molar-refractivity contribution is 7.11. The molecule has 0 saturated heterocycles. The summed E-state index contributed by atoms with van der Waals surface area (Å²) in [6, 6.07) is 8.99. The van der Waals surface area contributed by atoms with E-state index in [1.54, 1.807) is 11.3 Å². The van der Waals surface area contributed by atoms with Gasteiger partial charge in [0.05, 0.1) is 11.2 Å². The number of aryl methyl sites for hydroxylation is 2. The largest absolute Gasteiger partial charge is 0.478 e. The van der Waals surface area contributed by atoms with Crippen molar-refractivity contribution in [2.24, 2.45) is 0 Å². The first kappa shape index (κ1) is 32.7. The van der Waals surface area contributed by atoms with E-state index in [2.05, 4.69) is 98.9 Å². The first-order chi connectivity index (χ1) is 17.3. The van der Waals surface area contributed by atoms with Gasteiger partial charge in [-0.1, -0.05) is 66.7 Å². The lowest BCUT2D eigenvalue weighted by atomic mass is 9.84. The molecule has 1 aromatic carbocycles. The van der Waals surface area contributed by atoms with Crippen LogP contribution in [-0.2, 0) is 37.7 Å². The highest BCUT2D eigenvalue weighted by Crippen LogP contribution is 2.39. The Morgan fingerprint density at radius 2 is 1.37 bits per heavy atom. The number of hydrogen-bond donors (Lipinski definition) is 1. The first-order valence-corrected chi connectivity index (χ1v) is 17.2. The second-order valence-electron chi connectivity index (χ2n) is 13.8. The van der Waals surface area contributed by atoms with Crippen molar-refractivity contribution in [1.29, 1.82) is 0 Å². The number of aliphatic carboxylic acids is 1. The number of carbonyl (C=O) groups is 1. The Labute approximate surface area is 240 Å². The van der Waals surface area contributed by atoms with Crippen LogP contribution >= 0.6 is 11.3 Å². The fourth-order valence-corrected chi connectivity index (χ4v) is 7.12. The van der Waals surface area contributed by atoms with Gasteiger partial charge in [0.1, 0.15) is 0 Å². The van der Waals surface area contributed by atoms with Gasteiger partial charge in [-0.25, -0.2) is 4.79 Å². The molecule has 1 aromatic heterocycles. The number of carboxylic acid groups (broad SMARTS) is 1. The lowest BCUT2D eigenvalue weighted by molar-refractivity contribution is -0.131. The Balaban J connectivity index is 2.36. The van der Waals surface area contributed by atoms with E-state index in [-0.39, 0.29) is 15.7 Å². The van der Waals surface area contributed by atoms with Gasteiger partial charge in [0, 0.05) is 11.0 Å². The van der Waals surface area contributed by atoms with Crippen molar-refractivity contribution in [1.82, 2.24) is 0 Å². The van der Waals surface area contributed by atoms with Crippen LogP contribution in [0, 0.1) is 0 Å². The van der Waals surface area contributed by atoms with E-state index in [0.717, 1.165) is 23.3 Å². The summed E-state index contributed by atoms with van der Waals surface area (Å²) in [7, 11) is -1.48. The minimum absolute atomic E-state index is 0.212. The fraction of sp³-hybridized carbons (Fsp3) is 0.581. The minimum Gasteiger partial charge on any atom is -0.478 e. The third kappa shape index (κ3) is 10.2. The number of allylic oxidation sites excluding steroid dienone is 1. The zero-order valence-electron chi connectivity index (χ0n) is 25.6. The number of hydrogen-bond acceptors (Lipinski definition) is 4. The summed E-state index contributed by atoms with van der Waals surface area (Å²) in [5.74, 6) is -0.888. The molecule has 2 aromatic rings. The third-order valence-electron chi connectivity index (χ3n) is 6.46. The zero-order valence-corrected chi connectivity index (χ0v) is 29.2. The maximum Gasteiger partial charge on any atom is 0.328 e. The van der Waals surface area contributed by atoms with Crippen LogP contribution < -0.4 is 0 Å². The second kappa shape index (κ2) is 12.8. The molecule has 0 bridgehead atoms. The first-order valence-electron chi connectivity index (χ1n) is 13.8. The molecule has 2 rings (SSSR count).